The molecule has 0 aromatic heterocycles. The molecule has 2 unspecified atom stereocenters. The third-order valence-corrected chi connectivity index (χ3v) is 3.32. The van der Waals surface area contributed by atoms with Gasteiger partial charge in [-0.25, -0.2) is 0 Å². The lowest BCUT2D eigenvalue weighted by Gasteiger charge is -2.22. The predicted molar refractivity (Wildman–Crippen MR) is 77.1 cm³/mol. The summed E-state index contributed by atoms with van der Waals surface area (Å²) in [4.78, 5) is 0. The largest absolute Gasteiger partial charge is 0.491 e. The Morgan fingerprint density at radius 1 is 1.30 bits per heavy atom. The van der Waals surface area contributed by atoms with Crippen LogP contribution in [0.5, 0.6) is 5.75 Å². The zero-order chi connectivity index (χ0) is 14.2. The molecular formula is C15H23NO4. The van der Waals surface area contributed by atoms with E-state index >= 15 is 0 Å². The van der Waals surface area contributed by atoms with E-state index in [1.54, 1.807) is 0 Å². The number of hydrogen-bond donors (Lipinski definition) is 3. The van der Waals surface area contributed by atoms with Crippen molar-refractivity contribution in [3.8, 4) is 5.75 Å². The lowest BCUT2D eigenvalue weighted by molar-refractivity contribution is -0.0110. The molecule has 3 N–H and O–H groups in total. The van der Waals surface area contributed by atoms with Crippen LogP contribution in [0.25, 0.3) is 0 Å². The van der Waals surface area contributed by atoms with Gasteiger partial charge in [0, 0.05) is 18.8 Å². The third kappa shape index (κ3) is 5.00. The topological polar surface area (TPSA) is 71.0 Å². The summed E-state index contributed by atoms with van der Waals surface area (Å²) in [5.74, 6) is 0.812. The summed E-state index contributed by atoms with van der Waals surface area (Å²) in [7, 11) is 0. The van der Waals surface area contributed by atoms with Gasteiger partial charge < -0.3 is 25.0 Å². The van der Waals surface area contributed by atoms with Gasteiger partial charge in [-0.1, -0.05) is 0 Å². The first kappa shape index (κ1) is 15.1. The Labute approximate surface area is 119 Å². The molecule has 1 heterocycles. The van der Waals surface area contributed by atoms with Crippen molar-refractivity contribution in [3.63, 3.8) is 0 Å². The molecule has 1 fully saturated rings. The van der Waals surface area contributed by atoms with Crippen molar-refractivity contribution in [1.29, 1.82) is 0 Å². The number of rotatable bonds is 7. The standard InChI is InChI=1S/C15H23NO4/c17-10-13(18)9-16-12-4-6-14(7-5-12)20-11-15-3-1-2-8-19-15/h4-7,13,15-18H,1-3,8-11H2. The Morgan fingerprint density at radius 2 is 2.10 bits per heavy atom. The van der Waals surface area contributed by atoms with E-state index in [9.17, 15) is 5.11 Å². The molecule has 20 heavy (non-hydrogen) atoms. The molecule has 2 atom stereocenters. The van der Waals surface area contributed by atoms with Crippen molar-refractivity contribution in [1.82, 2.24) is 0 Å². The summed E-state index contributed by atoms with van der Waals surface area (Å²) in [6.45, 7) is 1.52. The van der Waals surface area contributed by atoms with E-state index in [-0.39, 0.29) is 12.7 Å². The molecule has 0 spiro atoms. The van der Waals surface area contributed by atoms with Gasteiger partial charge in [-0.05, 0) is 43.5 Å². The second-order valence-electron chi connectivity index (χ2n) is 5.04. The number of aliphatic hydroxyl groups is 2. The van der Waals surface area contributed by atoms with Gasteiger partial charge in [0.2, 0.25) is 0 Å². The Bertz CT molecular complexity index is 376. The molecule has 112 valence electrons. The quantitative estimate of drug-likeness (QED) is 0.705. The van der Waals surface area contributed by atoms with Crippen molar-refractivity contribution in [2.75, 3.05) is 31.7 Å². The summed E-state index contributed by atoms with van der Waals surface area (Å²) in [6.07, 6.45) is 2.90. The third-order valence-electron chi connectivity index (χ3n) is 3.32. The normalized spacial score (nSPS) is 20.4. The van der Waals surface area contributed by atoms with Crippen molar-refractivity contribution < 1.29 is 19.7 Å². The van der Waals surface area contributed by atoms with Crippen LogP contribution in [-0.4, -0.2) is 48.8 Å². The van der Waals surface area contributed by atoms with Crippen LogP contribution in [0.4, 0.5) is 5.69 Å². The average molecular weight is 281 g/mol. The minimum atomic E-state index is -0.741. The van der Waals surface area contributed by atoms with Crippen LogP contribution in [0.1, 0.15) is 19.3 Å². The Hall–Kier alpha value is -1.30. The van der Waals surface area contributed by atoms with Gasteiger partial charge in [0.05, 0.1) is 18.8 Å². The molecule has 5 heteroatoms. The Morgan fingerprint density at radius 3 is 2.75 bits per heavy atom. The zero-order valence-electron chi connectivity index (χ0n) is 11.6. The SMILES string of the molecule is OCC(O)CNc1ccc(OCC2CCCCO2)cc1. The fourth-order valence-electron chi connectivity index (χ4n) is 2.10. The van der Waals surface area contributed by atoms with E-state index in [0.717, 1.165) is 30.9 Å². The van der Waals surface area contributed by atoms with Crippen LogP contribution in [0.2, 0.25) is 0 Å². The smallest absolute Gasteiger partial charge is 0.119 e. The fourth-order valence-corrected chi connectivity index (χ4v) is 2.10. The van der Waals surface area contributed by atoms with E-state index < -0.39 is 6.10 Å². The lowest BCUT2D eigenvalue weighted by Crippen LogP contribution is -2.25. The molecule has 0 aliphatic carbocycles. The molecule has 1 saturated heterocycles. The molecule has 1 aliphatic heterocycles. The van der Waals surface area contributed by atoms with E-state index in [0.29, 0.717) is 13.2 Å². The first-order valence-electron chi connectivity index (χ1n) is 7.15. The van der Waals surface area contributed by atoms with Gasteiger partial charge in [-0.3, -0.25) is 0 Å². The van der Waals surface area contributed by atoms with Crippen molar-refractivity contribution >= 4 is 5.69 Å². The Balaban J connectivity index is 1.73. The lowest BCUT2D eigenvalue weighted by atomic mass is 10.1. The van der Waals surface area contributed by atoms with Crippen molar-refractivity contribution in [2.24, 2.45) is 0 Å². The van der Waals surface area contributed by atoms with E-state index in [4.69, 9.17) is 14.6 Å². The molecule has 5 nitrogen and oxygen atoms in total. The van der Waals surface area contributed by atoms with E-state index in [1.165, 1.54) is 6.42 Å². The first-order chi connectivity index (χ1) is 9.78. The molecule has 2 rings (SSSR count). The minimum Gasteiger partial charge on any atom is -0.491 e. The maximum atomic E-state index is 9.25. The van der Waals surface area contributed by atoms with Crippen molar-refractivity contribution in [2.45, 2.75) is 31.5 Å². The number of anilines is 1. The van der Waals surface area contributed by atoms with Crippen LogP contribution in [-0.2, 0) is 4.74 Å². The molecule has 0 radical (unpaired) electrons. The average Bonchev–Trinajstić information content (AvgIpc) is 2.52. The number of hydrogen-bond acceptors (Lipinski definition) is 5. The molecule has 0 bridgehead atoms. The number of aliphatic hydroxyl groups excluding tert-OH is 2. The molecular weight excluding hydrogens is 258 g/mol. The van der Waals surface area contributed by atoms with Gasteiger partial charge in [0.25, 0.3) is 0 Å². The monoisotopic (exact) mass is 281 g/mol. The summed E-state index contributed by atoms with van der Waals surface area (Å²) in [5, 5.41) is 21.0. The number of benzene rings is 1. The maximum Gasteiger partial charge on any atom is 0.119 e. The van der Waals surface area contributed by atoms with Crippen molar-refractivity contribution in [3.05, 3.63) is 24.3 Å². The predicted octanol–water partition coefficient (Wildman–Crippen LogP) is 1.40. The van der Waals surface area contributed by atoms with Crippen LogP contribution in [0.15, 0.2) is 24.3 Å². The summed E-state index contributed by atoms with van der Waals surface area (Å²) < 4.78 is 11.3. The van der Waals surface area contributed by atoms with Gasteiger partial charge in [0.15, 0.2) is 0 Å². The van der Waals surface area contributed by atoms with Gasteiger partial charge in [-0.2, -0.15) is 0 Å². The first-order valence-corrected chi connectivity index (χ1v) is 7.15. The fraction of sp³-hybridized carbons (Fsp3) is 0.600. The summed E-state index contributed by atoms with van der Waals surface area (Å²) in [5.41, 5.74) is 0.888. The second-order valence-corrected chi connectivity index (χ2v) is 5.04. The van der Waals surface area contributed by atoms with Crippen LogP contribution in [0, 0.1) is 0 Å². The summed E-state index contributed by atoms with van der Waals surface area (Å²) in [6, 6.07) is 7.55. The van der Waals surface area contributed by atoms with Crippen LogP contribution >= 0.6 is 0 Å². The zero-order valence-corrected chi connectivity index (χ0v) is 11.6. The number of nitrogens with one attached hydrogen (secondary N) is 1. The molecule has 1 aromatic rings. The summed E-state index contributed by atoms with van der Waals surface area (Å²) >= 11 is 0. The van der Waals surface area contributed by atoms with Gasteiger partial charge in [0.1, 0.15) is 12.4 Å². The van der Waals surface area contributed by atoms with Gasteiger partial charge >= 0.3 is 0 Å². The highest BCUT2D eigenvalue weighted by atomic mass is 16.5. The minimum absolute atomic E-state index is 0.209. The molecule has 1 aliphatic rings. The molecule has 0 amide bonds. The van der Waals surface area contributed by atoms with Crippen LogP contribution in [0.3, 0.4) is 0 Å². The number of ether oxygens (including phenoxy) is 2. The Kier molecular flexibility index (Phi) is 6.11. The maximum absolute atomic E-state index is 9.25. The van der Waals surface area contributed by atoms with E-state index in [1.807, 2.05) is 24.3 Å². The highest BCUT2D eigenvalue weighted by Gasteiger charge is 2.14. The highest BCUT2D eigenvalue weighted by molar-refractivity contribution is 5.46. The molecule has 1 aromatic carbocycles. The highest BCUT2D eigenvalue weighted by Crippen LogP contribution is 2.18. The second kappa shape index (κ2) is 8.09. The van der Waals surface area contributed by atoms with Crippen LogP contribution < -0.4 is 10.1 Å². The van der Waals surface area contributed by atoms with Gasteiger partial charge in [-0.15, -0.1) is 0 Å². The van der Waals surface area contributed by atoms with E-state index in [2.05, 4.69) is 5.32 Å². The molecule has 0 saturated carbocycles.